The van der Waals surface area contributed by atoms with E-state index in [0.29, 0.717) is 0 Å². The van der Waals surface area contributed by atoms with Crippen LogP contribution in [0.15, 0.2) is 11.9 Å². The minimum atomic E-state index is -7.70. The largest absolute Gasteiger partial charge is 0.512 e. The Labute approximate surface area is 134 Å². The zero-order valence-corrected chi connectivity index (χ0v) is 12.5. The molecule has 0 rings (SSSR count). The summed E-state index contributed by atoms with van der Waals surface area (Å²) in [4.78, 5) is 0. The van der Waals surface area contributed by atoms with Crippen molar-refractivity contribution in [3.05, 3.63) is 11.9 Å². The lowest BCUT2D eigenvalue weighted by molar-refractivity contribution is -0.405. The molecule has 0 aromatic heterocycles. The van der Waals surface area contributed by atoms with Crippen LogP contribution in [0.4, 0.5) is 52.7 Å². The van der Waals surface area contributed by atoms with Crippen LogP contribution >= 0.6 is 0 Å². The van der Waals surface area contributed by atoms with Gasteiger partial charge in [-0.3, -0.25) is 0 Å². The first-order valence-electron chi connectivity index (χ1n) is 4.91. The van der Waals surface area contributed by atoms with Crippen molar-refractivity contribution >= 4 is 20.0 Å². The second-order valence-corrected chi connectivity index (χ2v) is 7.42. The van der Waals surface area contributed by atoms with E-state index in [1.807, 2.05) is 0 Å². The fraction of sp³-hybridized carbons (Fsp3) is 0.667. The van der Waals surface area contributed by atoms with E-state index in [1.54, 1.807) is 4.74 Å². The van der Waals surface area contributed by atoms with Crippen LogP contribution in [0.1, 0.15) is 0 Å². The third-order valence-corrected chi connectivity index (χ3v) is 5.16. The van der Waals surface area contributed by atoms with E-state index in [4.69, 9.17) is 0 Å². The van der Waals surface area contributed by atoms with Crippen LogP contribution in [-0.4, -0.2) is 39.8 Å². The number of halogens is 12. The monoisotopic (exact) mass is 459 g/mol. The number of hydrogen-bond donors (Lipinski definition) is 1. The van der Waals surface area contributed by atoms with Crippen LogP contribution in [0.5, 0.6) is 0 Å². The van der Waals surface area contributed by atoms with E-state index in [1.165, 1.54) is 0 Å². The molecule has 0 heterocycles. The van der Waals surface area contributed by atoms with Crippen molar-refractivity contribution in [3.8, 4) is 0 Å². The maximum Gasteiger partial charge on any atom is 0.512 e. The minimum Gasteiger partial charge on any atom is -0.243 e. The average molecular weight is 459 g/mol. The second-order valence-electron chi connectivity index (χ2n) is 3.76. The van der Waals surface area contributed by atoms with Gasteiger partial charge in [-0.25, -0.2) is 21.6 Å². The number of rotatable bonds is 7. The van der Waals surface area contributed by atoms with Gasteiger partial charge in [0.2, 0.25) is 0 Å². The lowest BCUT2D eigenvalue weighted by atomic mass is 10.5. The van der Waals surface area contributed by atoms with Gasteiger partial charge in [-0.05, 0) is 0 Å². The average Bonchev–Trinajstić information content (AvgIpc) is 2.33. The Balaban J connectivity index is 6.04. The molecule has 0 atom stereocenters. The molecule has 0 unspecified atom stereocenters. The Morgan fingerprint density at radius 2 is 1.12 bits per heavy atom. The highest BCUT2D eigenvalue weighted by atomic mass is 32.3. The topological polar surface area (TPSA) is 89.5 Å². The van der Waals surface area contributed by atoms with Crippen LogP contribution in [0, 0.1) is 0 Å². The molecule has 0 aromatic rings. The molecule has 156 valence electrons. The molecule has 1 N–H and O–H groups in total. The first kappa shape index (κ1) is 24.7. The molecule has 0 saturated carbocycles. The summed E-state index contributed by atoms with van der Waals surface area (Å²) in [5.74, 6) is -4.17. The lowest BCUT2D eigenvalue weighted by Gasteiger charge is -2.28. The third-order valence-electron chi connectivity index (χ3n) is 1.88. The fourth-order valence-corrected chi connectivity index (χ4v) is 3.08. The van der Waals surface area contributed by atoms with E-state index in [9.17, 15) is 69.5 Å². The van der Waals surface area contributed by atoms with Gasteiger partial charge in [0.1, 0.15) is 0 Å². The van der Waals surface area contributed by atoms with Crippen molar-refractivity contribution in [2.24, 2.45) is 0 Å². The maximum atomic E-state index is 13.1. The summed E-state index contributed by atoms with van der Waals surface area (Å²) in [5, 5.41) is -7.24. The van der Waals surface area contributed by atoms with Gasteiger partial charge in [0.05, 0.1) is 0 Å². The van der Waals surface area contributed by atoms with Gasteiger partial charge < -0.3 is 0 Å². The zero-order chi connectivity index (χ0) is 21.6. The Bertz CT molecular complexity index is 777. The van der Waals surface area contributed by atoms with Crippen molar-refractivity contribution in [1.82, 2.24) is 4.13 Å². The number of sulfonamides is 2. The van der Waals surface area contributed by atoms with E-state index in [0.717, 1.165) is 0 Å². The highest BCUT2D eigenvalue weighted by molar-refractivity contribution is 8.05. The van der Waals surface area contributed by atoms with E-state index >= 15 is 0 Å². The molecule has 0 aromatic carbocycles. The normalized spacial score (nSPS) is 15.1. The molecule has 0 aliphatic rings. The lowest BCUT2D eigenvalue weighted by Crippen LogP contribution is -2.57. The Morgan fingerprint density at radius 1 is 0.731 bits per heavy atom. The van der Waals surface area contributed by atoms with Gasteiger partial charge >= 0.3 is 39.1 Å². The maximum absolute atomic E-state index is 13.1. The number of hydrogen-bond acceptors (Lipinski definition) is 5. The minimum absolute atomic E-state index is 0.933. The molecule has 0 spiro atoms. The molecule has 26 heavy (non-hydrogen) atoms. The SMILES string of the molecule is O=S(=O)(NS(=O)(=O)C(F)(F)C(F)(F)OC(F)(F)C(F)=C(F)F)C(F)(F)F. The zero-order valence-electron chi connectivity index (χ0n) is 10.9. The van der Waals surface area contributed by atoms with Gasteiger partial charge in [0.15, 0.2) is 0 Å². The van der Waals surface area contributed by atoms with E-state index in [-0.39, 0.29) is 0 Å². The van der Waals surface area contributed by atoms with Crippen molar-refractivity contribution in [1.29, 1.82) is 0 Å². The summed E-state index contributed by atoms with van der Waals surface area (Å²) in [6, 6.07) is 0. The Morgan fingerprint density at radius 3 is 1.42 bits per heavy atom. The van der Waals surface area contributed by atoms with Gasteiger partial charge in [-0.15, -0.1) is 0 Å². The van der Waals surface area contributed by atoms with Crippen molar-refractivity contribution in [3.63, 3.8) is 0 Å². The number of ether oxygens (including phenoxy) is 1. The van der Waals surface area contributed by atoms with Crippen molar-refractivity contribution in [2.45, 2.75) is 23.0 Å². The first-order chi connectivity index (χ1) is 11.0. The molecule has 0 amide bonds. The molecule has 0 fully saturated rings. The number of nitrogens with one attached hydrogen (secondary N) is 1. The molecule has 6 nitrogen and oxygen atoms in total. The Hall–Kier alpha value is -1.28. The van der Waals surface area contributed by atoms with Crippen LogP contribution in [0.2, 0.25) is 0 Å². The van der Waals surface area contributed by atoms with E-state index < -0.39 is 59.1 Å². The third kappa shape index (κ3) is 4.71. The predicted molar refractivity (Wildman–Crippen MR) is 53.3 cm³/mol. The molecule has 0 bridgehead atoms. The molecule has 0 radical (unpaired) electrons. The van der Waals surface area contributed by atoms with Crippen LogP contribution in [0.25, 0.3) is 0 Å². The number of alkyl halides is 9. The molecular weight excluding hydrogens is 458 g/mol. The summed E-state index contributed by atoms with van der Waals surface area (Å²) in [5.41, 5.74) is -6.64. The summed E-state index contributed by atoms with van der Waals surface area (Å²) < 4.78 is 191. The Kier molecular flexibility index (Phi) is 6.38. The van der Waals surface area contributed by atoms with Gasteiger partial charge in [-0.1, -0.05) is 4.13 Å². The van der Waals surface area contributed by atoms with Crippen molar-refractivity contribution < 1.29 is 74.3 Å². The van der Waals surface area contributed by atoms with Gasteiger partial charge in [0.25, 0.3) is 15.9 Å². The van der Waals surface area contributed by atoms with Crippen LogP contribution in [-0.2, 0) is 24.8 Å². The van der Waals surface area contributed by atoms with Crippen LogP contribution in [0.3, 0.4) is 0 Å². The quantitative estimate of drug-likeness (QED) is 0.592. The second kappa shape index (κ2) is 6.71. The molecule has 20 heteroatoms. The van der Waals surface area contributed by atoms with E-state index in [2.05, 4.69) is 0 Å². The predicted octanol–water partition coefficient (Wildman–Crippen LogP) is 2.63. The highest BCUT2D eigenvalue weighted by Gasteiger charge is 2.72. The smallest absolute Gasteiger partial charge is 0.243 e. The highest BCUT2D eigenvalue weighted by Crippen LogP contribution is 2.45. The molecule has 0 aliphatic carbocycles. The molecule has 0 saturated heterocycles. The first-order valence-corrected chi connectivity index (χ1v) is 7.88. The van der Waals surface area contributed by atoms with Gasteiger partial charge in [-0.2, -0.15) is 52.7 Å². The molecule has 0 aliphatic heterocycles. The summed E-state index contributed by atoms with van der Waals surface area (Å²) in [7, 11) is -15.0. The van der Waals surface area contributed by atoms with Gasteiger partial charge in [0, 0.05) is 0 Å². The standard InChI is InChI=1S/C6HF12NO5S2/c7-1(2(8)9)3(10,11)24-4(12,13)5(14,15)25(20,21)19-26(22,23)6(16,17)18/h19H. The summed E-state index contributed by atoms with van der Waals surface area (Å²) in [6.45, 7) is 0. The molecular formula is C6HF12NO5S2. The summed E-state index contributed by atoms with van der Waals surface area (Å²) >= 11 is 0. The fourth-order valence-electron chi connectivity index (χ4n) is 0.776. The van der Waals surface area contributed by atoms with Crippen LogP contribution < -0.4 is 4.13 Å². The van der Waals surface area contributed by atoms with Crippen molar-refractivity contribution in [2.75, 3.05) is 0 Å². The summed E-state index contributed by atoms with van der Waals surface area (Å²) in [6.07, 6.45) is -17.8.